The number of hydrogen-bond acceptors (Lipinski definition) is 6. The van der Waals surface area contributed by atoms with Crippen LogP contribution in [0.25, 0.3) is 0 Å². The Morgan fingerprint density at radius 3 is 2.48 bits per heavy atom. The number of hydrazine groups is 1. The van der Waals surface area contributed by atoms with Gasteiger partial charge in [-0.3, -0.25) is 19.8 Å². The average molecular weight is 447 g/mol. The van der Waals surface area contributed by atoms with Crippen LogP contribution in [0, 0.1) is 5.82 Å². The lowest BCUT2D eigenvalue weighted by molar-refractivity contribution is 0.0503. The average Bonchev–Trinajstić information content (AvgIpc) is 3.32. The van der Waals surface area contributed by atoms with Crippen molar-refractivity contribution in [2.24, 2.45) is 0 Å². The first-order chi connectivity index (χ1) is 14.9. The number of halogens is 1. The van der Waals surface area contributed by atoms with E-state index >= 15 is 4.39 Å². The molecule has 0 spiro atoms. The predicted octanol–water partition coefficient (Wildman–Crippen LogP) is 3.46. The van der Waals surface area contributed by atoms with Gasteiger partial charge < -0.3 is 9.64 Å². The van der Waals surface area contributed by atoms with Crippen LogP contribution in [0.1, 0.15) is 57.3 Å². The minimum Gasteiger partial charge on any atom is -0.448 e. The highest BCUT2D eigenvalue weighted by atomic mass is 32.1. The van der Waals surface area contributed by atoms with Gasteiger partial charge in [-0.15, -0.1) is 5.01 Å². The zero-order valence-electron chi connectivity index (χ0n) is 16.9. The van der Waals surface area contributed by atoms with Crippen molar-refractivity contribution in [2.75, 3.05) is 19.7 Å². The quantitative estimate of drug-likeness (QED) is 0.725. The molecule has 0 aliphatic carbocycles. The van der Waals surface area contributed by atoms with Gasteiger partial charge in [0.05, 0.1) is 23.3 Å². The Morgan fingerprint density at radius 1 is 1.13 bits per heavy atom. The van der Waals surface area contributed by atoms with E-state index in [9.17, 15) is 19.2 Å². The van der Waals surface area contributed by atoms with E-state index in [2.05, 4.69) is 5.43 Å². The molecule has 1 aliphatic rings. The minimum absolute atomic E-state index is 0.0314. The molecule has 0 bridgehead atoms. The predicted molar refractivity (Wildman–Crippen MR) is 111 cm³/mol. The summed E-state index contributed by atoms with van der Waals surface area (Å²) in [6.07, 6.45) is 1.59. The van der Waals surface area contributed by atoms with Crippen molar-refractivity contribution in [3.8, 4) is 0 Å². The molecule has 1 saturated heterocycles. The molecule has 1 aromatic heterocycles. The van der Waals surface area contributed by atoms with E-state index in [4.69, 9.17) is 4.74 Å². The Hall–Kier alpha value is -3.27. The molecule has 0 unspecified atom stereocenters. The number of hydrogen-bond donors (Lipinski definition) is 1. The number of imide groups is 1. The van der Waals surface area contributed by atoms with Gasteiger partial charge in [-0.2, -0.15) is 11.3 Å². The largest absolute Gasteiger partial charge is 0.448 e. The van der Waals surface area contributed by atoms with E-state index in [0.717, 1.165) is 19.3 Å². The number of rotatable bonds is 4. The van der Waals surface area contributed by atoms with Crippen molar-refractivity contribution < 1.29 is 28.3 Å². The van der Waals surface area contributed by atoms with Crippen LogP contribution < -0.4 is 5.43 Å². The molecule has 2 heterocycles. The summed E-state index contributed by atoms with van der Waals surface area (Å²) in [4.78, 5) is 51.8. The van der Waals surface area contributed by atoms with Crippen LogP contribution in [0.15, 0.2) is 35.0 Å². The monoisotopic (exact) mass is 447 g/mol. The fourth-order valence-corrected chi connectivity index (χ4v) is 3.81. The fourth-order valence-electron chi connectivity index (χ4n) is 3.18. The lowest BCUT2D eigenvalue weighted by atomic mass is 10.1. The van der Waals surface area contributed by atoms with Gasteiger partial charge in [-0.25, -0.2) is 9.18 Å². The van der Waals surface area contributed by atoms with Gasteiger partial charge >= 0.3 is 6.09 Å². The summed E-state index contributed by atoms with van der Waals surface area (Å²) in [6, 6.07) is 5.34. The molecule has 1 aromatic carbocycles. The molecular formula is C21H22FN3O5S. The highest BCUT2D eigenvalue weighted by Crippen LogP contribution is 2.19. The fraction of sp³-hybridized carbons (Fsp3) is 0.333. The van der Waals surface area contributed by atoms with E-state index < -0.39 is 35.2 Å². The van der Waals surface area contributed by atoms with Crippen molar-refractivity contribution >= 4 is 35.2 Å². The van der Waals surface area contributed by atoms with Gasteiger partial charge in [0, 0.05) is 18.5 Å². The summed E-state index contributed by atoms with van der Waals surface area (Å²) in [6.45, 7) is 2.57. The van der Waals surface area contributed by atoms with Crippen LogP contribution in [0.4, 0.5) is 9.18 Å². The Bertz CT molecular complexity index is 973. The molecule has 0 radical (unpaired) electrons. The standard InChI is InChI=1S/C21H22FN3O5S/c1-2-30-21(29)25(19(27)14-9-12-31-13-14)23-18(26)15-7-6-8-16(17(15)22)20(28)24-10-4-3-5-11-24/h6-9,12-13H,2-5,10-11H2,1H3,(H,23,26). The first-order valence-corrected chi connectivity index (χ1v) is 10.8. The number of nitrogens with one attached hydrogen (secondary N) is 1. The van der Waals surface area contributed by atoms with Crippen molar-refractivity contribution in [1.82, 2.24) is 15.3 Å². The summed E-state index contributed by atoms with van der Waals surface area (Å²) in [7, 11) is 0. The molecule has 3 rings (SSSR count). The molecule has 0 saturated carbocycles. The lowest BCUT2D eigenvalue weighted by Gasteiger charge is -2.27. The summed E-state index contributed by atoms with van der Waals surface area (Å²) in [5.41, 5.74) is 1.57. The summed E-state index contributed by atoms with van der Waals surface area (Å²) in [5, 5.41) is 3.53. The number of ether oxygens (including phenoxy) is 1. The molecule has 10 heteroatoms. The number of carbonyl (C=O) groups excluding carboxylic acids is 4. The smallest absolute Gasteiger partial charge is 0.436 e. The van der Waals surface area contributed by atoms with Gasteiger partial charge in [-0.1, -0.05) is 6.07 Å². The molecule has 1 N–H and O–H groups in total. The maximum absolute atomic E-state index is 15.1. The van der Waals surface area contributed by atoms with Gasteiger partial charge in [-0.05, 0) is 49.8 Å². The van der Waals surface area contributed by atoms with E-state index in [1.807, 2.05) is 0 Å². The maximum atomic E-state index is 15.1. The number of amides is 4. The second kappa shape index (κ2) is 10.2. The SMILES string of the molecule is CCOC(=O)N(NC(=O)c1cccc(C(=O)N2CCCCC2)c1F)C(=O)c1ccsc1. The highest BCUT2D eigenvalue weighted by molar-refractivity contribution is 7.08. The zero-order chi connectivity index (χ0) is 22.4. The number of piperidine rings is 1. The van der Waals surface area contributed by atoms with Crippen LogP contribution in [-0.4, -0.2) is 53.4 Å². The Balaban J connectivity index is 1.84. The molecule has 2 aromatic rings. The minimum atomic E-state index is -1.10. The van der Waals surface area contributed by atoms with Gasteiger partial charge in [0.15, 0.2) is 0 Å². The Kier molecular flexibility index (Phi) is 7.35. The molecule has 8 nitrogen and oxygen atoms in total. The summed E-state index contributed by atoms with van der Waals surface area (Å²) < 4.78 is 19.9. The number of likely N-dealkylation sites (tertiary alicyclic amines) is 1. The third kappa shape index (κ3) is 5.08. The zero-order valence-corrected chi connectivity index (χ0v) is 17.7. The van der Waals surface area contributed by atoms with E-state index in [0.29, 0.717) is 18.1 Å². The van der Waals surface area contributed by atoms with Gasteiger partial charge in [0.1, 0.15) is 5.82 Å². The molecular weight excluding hydrogens is 425 g/mol. The molecule has 1 aliphatic heterocycles. The summed E-state index contributed by atoms with van der Waals surface area (Å²) in [5.74, 6) is -3.39. The molecule has 4 amide bonds. The Morgan fingerprint density at radius 2 is 1.84 bits per heavy atom. The number of nitrogens with zero attached hydrogens (tertiary/aromatic N) is 2. The number of thiophene rings is 1. The van der Waals surface area contributed by atoms with Crippen molar-refractivity contribution in [3.05, 3.63) is 57.5 Å². The van der Waals surface area contributed by atoms with Crippen LogP contribution >= 0.6 is 11.3 Å². The third-order valence-corrected chi connectivity index (χ3v) is 5.44. The highest BCUT2D eigenvalue weighted by Gasteiger charge is 2.29. The summed E-state index contributed by atoms with van der Waals surface area (Å²) >= 11 is 1.23. The first kappa shape index (κ1) is 22.4. The van der Waals surface area contributed by atoms with E-state index in [-0.39, 0.29) is 17.7 Å². The Labute approximate surface area is 182 Å². The molecule has 164 valence electrons. The van der Waals surface area contributed by atoms with Crippen molar-refractivity contribution in [1.29, 1.82) is 0 Å². The van der Waals surface area contributed by atoms with Crippen LogP contribution in [0.3, 0.4) is 0 Å². The number of carbonyl (C=O) groups is 4. The van der Waals surface area contributed by atoms with Crippen LogP contribution in [-0.2, 0) is 4.74 Å². The first-order valence-electron chi connectivity index (χ1n) is 9.86. The topological polar surface area (TPSA) is 96.0 Å². The van der Waals surface area contributed by atoms with Crippen molar-refractivity contribution in [2.45, 2.75) is 26.2 Å². The van der Waals surface area contributed by atoms with Gasteiger partial charge in [0.2, 0.25) is 0 Å². The van der Waals surface area contributed by atoms with Gasteiger partial charge in [0.25, 0.3) is 17.7 Å². The second-order valence-corrected chi connectivity index (χ2v) is 7.59. The van der Waals surface area contributed by atoms with E-state index in [1.54, 1.807) is 17.2 Å². The molecule has 31 heavy (non-hydrogen) atoms. The number of benzene rings is 1. The second-order valence-electron chi connectivity index (χ2n) is 6.81. The molecule has 0 atom stereocenters. The normalized spacial score (nSPS) is 13.4. The maximum Gasteiger partial charge on any atom is 0.436 e. The van der Waals surface area contributed by atoms with Crippen LogP contribution in [0.2, 0.25) is 0 Å². The van der Waals surface area contributed by atoms with E-state index in [1.165, 1.54) is 41.0 Å². The third-order valence-electron chi connectivity index (χ3n) is 4.75. The van der Waals surface area contributed by atoms with Crippen molar-refractivity contribution in [3.63, 3.8) is 0 Å². The van der Waals surface area contributed by atoms with Crippen LogP contribution in [0.5, 0.6) is 0 Å². The lowest BCUT2D eigenvalue weighted by Crippen LogP contribution is -2.50. The molecule has 1 fully saturated rings.